The molecule has 4 nitrogen and oxygen atoms in total. The number of aliphatic hydroxyl groups excluding tert-OH is 1. The summed E-state index contributed by atoms with van der Waals surface area (Å²) in [5, 5.41) is 9.78. The fraction of sp³-hybridized carbons (Fsp3) is 0.538. The smallest absolute Gasteiger partial charge is 0.139 e. The van der Waals surface area contributed by atoms with Crippen LogP contribution in [-0.2, 0) is 0 Å². The number of thiocarbonyl (C=S) groups is 1. The Morgan fingerprint density at radius 1 is 1.56 bits per heavy atom. The van der Waals surface area contributed by atoms with E-state index in [-0.39, 0.29) is 6.10 Å². The monoisotopic (exact) mass is 265 g/mol. The van der Waals surface area contributed by atoms with Crippen LogP contribution in [-0.4, -0.2) is 34.3 Å². The average Bonchev–Trinajstić information content (AvgIpc) is 2.27. The van der Waals surface area contributed by atoms with E-state index < -0.39 is 0 Å². The number of aliphatic hydroxyl groups is 1. The molecule has 0 amide bonds. The number of pyridine rings is 1. The van der Waals surface area contributed by atoms with Gasteiger partial charge in [-0.2, -0.15) is 0 Å². The maximum absolute atomic E-state index is 9.78. The minimum absolute atomic E-state index is 0.291. The van der Waals surface area contributed by atoms with Crippen molar-refractivity contribution < 1.29 is 5.11 Å². The molecule has 2 rings (SSSR count). The molecular weight excluding hydrogens is 246 g/mol. The number of aromatic nitrogens is 1. The highest BCUT2D eigenvalue weighted by Crippen LogP contribution is 2.25. The molecule has 1 aliphatic heterocycles. The molecule has 2 heterocycles. The van der Waals surface area contributed by atoms with Crippen LogP contribution in [0.3, 0.4) is 0 Å². The molecule has 1 atom stereocenters. The summed E-state index contributed by atoms with van der Waals surface area (Å²) < 4.78 is 0. The van der Waals surface area contributed by atoms with E-state index >= 15 is 0 Å². The second-order valence-electron chi connectivity index (χ2n) is 4.89. The van der Waals surface area contributed by atoms with Crippen molar-refractivity contribution in [2.45, 2.75) is 32.8 Å². The molecule has 1 aromatic rings. The third kappa shape index (κ3) is 2.62. The van der Waals surface area contributed by atoms with Crippen molar-refractivity contribution >= 4 is 23.0 Å². The SMILES string of the molecule is Cc1cc(C)c(C(N)=S)c(N2CCCC(O)C2)n1. The fourth-order valence-corrected chi connectivity index (χ4v) is 2.75. The Hall–Kier alpha value is -1.20. The van der Waals surface area contributed by atoms with Crippen LogP contribution in [0.2, 0.25) is 0 Å². The van der Waals surface area contributed by atoms with Crippen LogP contribution in [0, 0.1) is 13.8 Å². The maximum Gasteiger partial charge on any atom is 0.139 e. The average molecular weight is 265 g/mol. The highest BCUT2D eigenvalue weighted by molar-refractivity contribution is 7.80. The summed E-state index contributed by atoms with van der Waals surface area (Å²) in [5.41, 5.74) is 8.64. The van der Waals surface area contributed by atoms with E-state index in [1.54, 1.807) is 0 Å². The van der Waals surface area contributed by atoms with Crippen LogP contribution >= 0.6 is 12.2 Å². The lowest BCUT2D eigenvalue weighted by Crippen LogP contribution is -2.40. The number of hydrogen-bond donors (Lipinski definition) is 2. The minimum atomic E-state index is -0.291. The molecule has 0 radical (unpaired) electrons. The fourth-order valence-electron chi connectivity index (χ4n) is 2.50. The second kappa shape index (κ2) is 5.20. The van der Waals surface area contributed by atoms with E-state index in [1.165, 1.54) is 0 Å². The van der Waals surface area contributed by atoms with Crippen LogP contribution in [0.25, 0.3) is 0 Å². The predicted molar refractivity (Wildman–Crippen MR) is 77.1 cm³/mol. The summed E-state index contributed by atoms with van der Waals surface area (Å²) >= 11 is 5.13. The molecule has 1 aromatic heterocycles. The summed E-state index contributed by atoms with van der Waals surface area (Å²) in [4.78, 5) is 7.02. The molecule has 0 bridgehead atoms. The largest absolute Gasteiger partial charge is 0.391 e. The van der Waals surface area contributed by atoms with Gasteiger partial charge in [0.1, 0.15) is 10.8 Å². The zero-order chi connectivity index (χ0) is 13.3. The van der Waals surface area contributed by atoms with Crippen LogP contribution in [0.4, 0.5) is 5.82 Å². The van der Waals surface area contributed by atoms with Gasteiger partial charge in [0.25, 0.3) is 0 Å². The van der Waals surface area contributed by atoms with E-state index in [4.69, 9.17) is 18.0 Å². The van der Waals surface area contributed by atoms with Gasteiger partial charge in [0, 0.05) is 18.8 Å². The first-order chi connectivity index (χ1) is 8.49. The van der Waals surface area contributed by atoms with E-state index in [1.807, 2.05) is 19.9 Å². The zero-order valence-electron chi connectivity index (χ0n) is 10.8. The first-order valence-corrected chi connectivity index (χ1v) is 6.61. The summed E-state index contributed by atoms with van der Waals surface area (Å²) in [6.45, 7) is 5.45. The lowest BCUT2D eigenvalue weighted by atomic mass is 10.0. The lowest BCUT2D eigenvalue weighted by molar-refractivity contribution is 0.154. The third-order valence-electron chi connectivity index (χ3n) is 3.27. The summed E-state index contributed by atoms with van der Waals surface area (Å²) in [6.07, 6.45) is 1.52. The Kier molecular flexibility index (Phi) is 3.82. The van der Waals surface area contributed by atoms with Crippen molar-refractivity contribution in [3.63, 3.8) is 0 Å². The Balaban J connectivity index is 2.44. The zero-order valence-corrected chi connectivity index (χ0v) is 11.6. The van der Waals surface area contributed by atoms with Gasteiger partial charge < -0.3 is 15.7 Å². The van der Waals surface area contributed by atoms with Gasteiger partial charge in [-0.3, -0.25) is 0 Å². The highest BCUT2D eigenvalue weighted by atomic mass is 32.1. The van der Waals surface area contributed by atoms with Gasteiger partial charge in [0.15, 0.2) is 0 Å². The highest BCUT2D eigenvalue weighted by Gasteiger charge is 2.23. The molecule has 0 spiro atoms. The molecule has 18 heavy (non-hydrogen) atoms. The normalized spacial score (nSPS) is 19.9. The number of anilines is 1. The molecular formula is C13H19N3OS. The number of nitrogens with zero attached hydrogens (tertiary/aromatic N) is 2. The predicted octanol–water partition coefficient (Wildman–Crippen LogP) is 1.29. The Bertz CT molecular complexity index is 476. The standard InChI is InChI=1S/C13H19N3OS/c1-8-6-9(2)15-13(11(8)12(14)18)16-5-3-4-10(17)7-16/h6,10,17H,3-5,7H2,1-2H3,(H2,14,18). The summed E-state index contributed by atoms with van der Waals surface area (Å²) in [5.74, 6) is 0.818. The van der Waals surface area contributed by atoms with Gasteiger partial charge in [0.05, 0.1) is 11.7 Å². The first-order valence-electron chi connectivity index (χ1n) is 6.20. The first kappa shape index (κ1) is 13.2. The maximum atomic E-state index is 9.78. The van der Waals surface area contributed by atoms with E-state index in [0.717, 1.165) is 42.0 Å². The van der Waals surface area contributed by atoms with Crippen molar-refractivity contribution in [1.82, 2.24) is 4.98 Å². The Labute approximate surface area is 113 Å². The van der Waals surface area contributed by atoms with Crippen LogP contribution in [0.5, 0.6) is 0 Å². The van der Waals surface area contributed by atoms with E-state index in [0.29, 0.717) is 11.5 Å². The van der Waals surface area contributed by atoms with Gasteiger partial charge in [-0.05, 0) is 38.3 Å². The number of piperidine rings is 1. The molecule has 1 unspecified atom stereocenters. The molecule has 0 saturated carbocycles. The van der Waals surface area contributed by atoms with Gasteiger partial charge in [-0.25, -0.2) is 4.98 Å². The van der Waals surface area contributed by atoms with Gasteiger partial charge in [0.2, 0.25) is 0 Å². The number of nitrogens with two attached hydrogens (primary N) is 1. The number of aryl methyl sites for hydroxylation is 2. The summed E-state index contributed by atoms with van der Waals surface area (Å²) in [6, 6.07) is 1.98. The van der Waals surface area contributed by atoms with E-state index in [9.17, 15) is 5.11 Å². The minimum Gasteiger partial charge on any atom is -0.391 e. The van der Waals surface area contributed by atoms with Gasteiger partial charge in [-0.1, -0.05) is 12.2 Å². The lowest BCUT2D eigenvalue weighted by Gasteiger charge is -2.32. The Morgan fingerprint density at radius 2 is 2.28 bits per heavy atom. The van der Waals surface area contributed by atoms with Gasteiger partial charge in [-0.15, -0.1) is 0 Å². The van der Waals surface area contributed by atoms with Crippen molar-refractivity contribution in [3.8, 4) is 0 Å². The Morgan fingerprint density at radius 3 is 2.89 bits per heavy atom. The number of rotatable bonds is 2. The summed E-state index contributed by atoms with van der Waals surface area (Å²) in [7, 11) is 0. The van der Waals surface area contributed by atoms with Crippen molar-refractivity contribution in [2.24, 2.45) is 5.73 Å². The van der Waals surface area contributed by atoms with Crippen molar-refractivity contribution in [2.75, 3.05) is 18.0 Å². The topological polar surface area (TPSA) is 62.4 Å². The van der Waals surface area contributed by atoms with Crippen LogP contribution < -0.4 is 10.6 Å². The number of β-amino-alcohol motifs (C(OH)–C–C–N with tert-alkyl or cyclic N) is 1. The molecule has 1 saturated heterocycles. The molecule has 98 valence electrons. The molecule has 1 fully saturated rings. The molecule has 5 heteroatoms. The van der Waals surface area contributed by atoms with Crippen LogP contribution in [0.15, 0.2) is 6.07 Å². The van der Waals surface area contributed by atoms with Crippen LogP contribution in [0.1, 0.15) is 29.7 Å². The second-order valence-corrected chi connectivity index (χ2v) is 5.33. The molecule has 0 aromatic carbocycles. The third-order valence-corrected chi connectivity index (χ3v) is 3.47. The molecule has 3 N–H and O–H groups in total. The molecule has 1 aliphatic rings. The van der Waals surface area contributed by atoms with Crippen molar-refractivity contribution in [3.05, 3.63) is 22.9 Å². The van der Waals surface area contributed by atoms with Crippen molar-refractivity contribution in [1.29, 1.82) is 0 Å². The van der Waals surface area contributed by atoms with Gasteiger partial charge >= 0.3 is 0 Å². The van der Waals surface area contributed by atoms with E-state index in [2.05, 4.69) is 9.88 Å². The molecule has 0 aliphatic carbocycles. The number of hydrogen-bond acceptors (Lipinski definition) is 4. The quantitative estimate of drug-likeness (QED) is 0.789.